The number of phenols is 1. The first kappa shape index (κ1) is 10.9. The number of nitriles is 1. The largest absolute Gasteiger partial charge is 0.507 e. The zero-order valence-electron chi connectivity index (χ0n) is 8.15. The molecule has 0 unspecified atom stereocenters. The fourth-order valence-corrected chi connectivity index (χ4v) is 1.05. The topological polar surface area (TPSA) is 82.3 Å². The van der Waals surface area contributed by atoms with Crippen LogP contribution < -0.4 is 10.1 Å². The number of nitrogens with zero attached hydrogens (tertiary/aromatic N) is 1. The number of aromatic hydroxyl groups is 1. The molecule has 0 aliphatic carbocycles. The molecule has 5 nitrogen and oxygen atoms in total. The highest BCUT2D eigenvalue weighted by atomic mass is 16.5. The maximum absolute atomic E-state index is 11.4. The van der Waals surface area contributed by atoms with E-state index in [1.807, 2.05) is 0 Å². The van der Waals surface area contributed by atoms with Gasteiger partial charge in [-0.15, -0.1) is 0 Å². The van der Waals surface area contributed by atoms with E-state index < -0.39 is 5.91 Å². The monoisotopic (exact) mass is 206 g/mol. The lowest BCUT2D eigenvalue weighted by Gasteiger charge is -2.05. The number of hydrogen-bond donors (Lipinski definition) is 2. The van der Waals surface area contributed by atoms with Gasteiger partial charge in [-0.05, 0) is 12.1 Å². The van der Waals surface area contributed by atoms with Gasteiger partial charge >= 0.3 is 0 Å². The minimum Gasteiger partial charge on any atom is -0.507 e. The van der Waals surface area contributed by atoms with E-state index in [9.17, 15) is 9.90 Å². The molecule has 78 valence electrons. The maximum atomic E-state index is 11.4. The van der Waals surface area contributed by atoms with Gasteiger partial charge in [0, 0.05) is 6.07 Å². The van der Waals surface area contributed by atoms with Gasteiger partial charge in [-0.25, -0.2) is 0 Å². The first-order valence-electron chi connectivity index (χ1n) is 4.21. The van der Waals surface area contributed by atoms with Crippen molar-refractivity contribution in [1.82, 2.24) is 5.32 Å². The SMILES string of the molecule is COc1ccc(C(=O)NCC#N)c(O)c1. The Balaban J connectivity index is 2.86. The number of ether oxygens (including phenoxy) is 1. The number of benzene rings is 1. The van der Waals surface area contributed by atoms with Crippen molar-refractivity contribution in [3.05, 3.63) is 23.8 Å². The molecule has 1 aromatic rings. The summed E-state index contributed by atoms with van der Waals surface area (Å²) in [4.78, 5) is 11.4. The molecule has 0 bridgehead atoms. The predicted molar refractivity (Wildman–Crippen MR) is 52.6 cm³/mol. The quantitative estimate of drug-likeness (QED) is 0.711. The molecule has 0 saturated carbocycles. The molecule has 0 spiro atoms. The summed E-state index contributed by atoms with van der Waals surface area (Å²) in [6.07, 6.45) is 0. The Labute approximate surface area is 86.9 Å². The number of hydrogen-bond acceptors (Lipinski definition) is 4. The lowest BCUT2D eigenvalue weighted by atomic mass is 10.2. The van der Waals surface area contributed by atoms with Crippen molar-refractivity contribution in [1.29, 1.82) is 5.26 Å². The van der Waals surface area contributed by atoms with Crippen LogP contribution in [-0.2, 0) is 0 Å². The van der Waals surface area contributed by atoms with Gasteiger partial charge in [-0.2, -0.15) is 5.26 Å². The Bertz CT molecular complexity index is 410. The standard InChI is InChI=1S/C10H10N2O3/c1-15-7-2-3-8(9(13)6-7)10(14)12-5-4-11/h2-3,6,13H,5H2,1H3,(H,12,14). The molecule has 1 amide bonds. The highest BCUT2D eigenvalue weighted by Crippen LogP contribution is 2.22. The van der Waals surface area contributed by atoms with Gasteiger partial charge in [-0.3, -0.25) is 4.79 Å². The van der Waals surface area contributed by atoms with Crippen molar-refractivity contribution in [2.75, 3.05) is 13.7 Å². The molecule has 1 aromatic carbocycles. The van der Waals surface area contributed by atoms with Crippen LogP contribution in [0.25, 0.3) is 0 Å². The number of phenolic OH excluding ortho intramolecular Hbond substituents is 1. The van der Waals surface area contributed by atoms with Crippen molar-refractivity contribution < 1.29 is 14.6 Å². The van der Waals surface area contributed by atoms with Crippen LogP contribution in [0.15, 0.2) is 18.2 Å². The Morgan fingerprint density at radius 2 is 2.40 bits per heavy atom. The first-order chi connectivity index (χ1) is 7.19. The van der Waals surface area contributed by atoms with Crippen LogP contribution in [-0.4, -0.2) is 24.7 Å². The number of methoxy groups -OCH3 is 1. The van der Waals surface area contributed by atoms with E-state index in [0.717, 1.165) is 0 Å². The van der Waals surface area contributed by atoms with Crippen molar-refractivity contribution in [3.63, 3.8) is 0 Å². The summed E-state index contributed by atoms with van der Waals surface area (Å²) in [5.41, 5.74) is 0.117. The summed E-state index contributed by atoms with van der Waals surface area (Å²) in [6, 6.07) is 6.09. The third-order valence-electron chi connectivity index (χ3n) is 1.78. The van der Waals surface area contributed by atoms with Gasteiger partial charge in [-0.1, -0.05) is 0 Å². The Hall–Kier alpha value is -2.22. The molecule has 15 heavy (non-hydrogen) atoms. The third-order valence-corrected chi connectivity index (χ3v) is 1.78. The minimum atomic E-state index is -0.489. The number of amides is 1. The van der Waals surface area contributed by atoms with Crippen molar-refractivity contribution in [2.45, 2.75) is 0 Å². The molecular formula is C10H10N2O3. The van der Waals surface area contributed by atoms with E-state index >= 15 is 0 Å². The van der Waals surface area contributed by atoms with Crippen LogP contribution >= 0.6 is 0 Å². The summed E-state index contributed by atoms with van der Waals surface area (Å²) in [7, 11) is 1.46. The summed E-state index contributed by atoms with van der Waals surface area (Å²) in [5, 5.41) is 20.1. The fraction of sp³-hybridized carbons (Fsp3) is 0.200. The van der Waals surface area contributed by atoms with E-state index in [0.29, 0.717) is 5.75 Å². The van der Waals surface area contributed by atoms with Gasteiger partial charge in [0.1, 0.15) is 18.0 Å². The molecule has 0 aromatic heterocycles. The second kappa shape index (κ2) is 4.86. The Morgan fingerprint density at radius 1 is 1.67 bits per heavy atom. The molecule has 0 atom stereocenters. The highest BCUT2D eigenvalue weighted by molar-refractivity contribution is 5.97. The van der Waals surface area contributed by atoms with E-state index in [1.54, 1.807) is 12.1 Å². The van der Waals surface area contributed by atoms with Crippen LogP contribution in [0.5, 0.6) is 11.5 Å². The van der Waals surface area contributed by atoms with Gasteiger partial charge < -0.3 is 15.2 Å². The Morgan fingerprint density at radius 3 is 2.93 bits per heavy atom. The van der Waals surface area contributed by atoms with Crippen LogP contribution in [0.1, 0.15) is 10.4 Å². The summed E-state index contributed by atoms with van der Waals surface area (Å²) in [5.74, 6) is -0.203. The van der Waals surface area contributed by atoms with Crippen LogP contribution in [0.4, 0.5) is 0 Å². The second-order valence-electron chi connectivity index (χ2n) is 2.72. The molecular weight excluding hydrogens is 196 g/mol. The molecule has 5 heteroatoms. The van der Waals surface area contributed by atoms with E-state index in [2.05, 4.69) is 5.32 Å². The van der Waals surface area contributed by atoms with Crippen molar-refractivity contribution in [3.8, 4) is 17.6 Å². The van der Waals surface area contributed by atoms with E-state index in [1.165, 1.54) is 19.2 Å². The van der Waals surface area contributed by atoms with E-state index in [4.69, 9.17) is 10.00 Å². The summed E-state index contributed by atoms with van der Waals surface area (Å²) < 4.78 is 4.87. The lowest BCUT2D eigenvalue weighted by Crippen LogP contribution is -2.23. The summed E-state index contributed by atoms with van der Waals surface area (Å²) in [6.45, 7) is -0.0930. The molecule has 1 rings (SSSR count). The second-order valence-corrected chi connectivity index (χ2v) is 2.72. The van der Waals surface area contributed by atoms with Gasteiger partial charge in [0.25, 0.3) is 5.91 Å². The van der Waals surface area contributed by atoms with Gasteiger partial charge in [0.2, 0.25) is 0 Å². The molecule has 2 N–H and O–H groups in total. The number of rotatable bonds is 3. The zero-order valence-corrected chi connectivity index (χ0v) is 8.15. The minimum absolute atomic E-state index is 0.0930. The van der Waals surface area contributed by atoms with Crippen LogP contribution in [0, 0.1) is 11.3 Å². The fourth-order valence-electron chi connectivity index (χ4n) is 1.05. The first-order valence-corrected chi connectivity index (χ1v) is 4.21. The predicted octanol–water partition coefficient (Wildman–Crippen LogP) is 0.654. The smallest absolute Gasteiger partial charge is 0.255 e. The molecule has 0 radical (unpaired) electrons. The van der Waals surface area contributed by atoms with Crippen LogP contribution in [0.2, 0.25) is 0 Å². The highest BCUT2D eigenvalue weighted by Gasteiger charge is 2.10. The van der Waals surface area contributed by atoms with Crippen molar-refractivity contribution in [2.24, 2.45) is 0 Å². The zero-order chi connectivity index (χ0) is 11.3. The number of nitrogens with one attached hydrogen (secondary N) is 1. The van der Waals surface area contributed by atoms with Crippen molar-refractivity contribution >= 4 is 5.91 Å². The van der Waals surface area contributed by atoms with Crippen LogP contribution in [0.3, 0.4) is 0 Å². The molecule has 0 aliphatic rings. The molecule has 0 saturated heterocycles. The number of carbonyl (C=O) groups excluding carboxylic acids is 1. The van der Waals surface area contributed by atoms with Gasteiger partial charge in [0.15, 0.2) is 0 Å². The average Bonchev–Trinajstić information content (AvgIpc) is 2.25. The number of carbonyl (C=O) groups is 1. The van der Waals surface area contributed by atoms with E-state index in [-0.39, 0.29) is 17.9 Å². The summed E-state index contributed by atoms with van der Waals surface area (Å²) >= 11 is 0. The molecule has 0 fully saturated rings. The molecule has 0 heterocycles. The third kappa shape index (κ3) is 2.61. The average molecular weight is 206 g/mol. The normalized spacial score (nSPS) is 9.07. The molecule has 0 aliphatic heterocycles. The maximum Gasteiger partial charge on any atom is 0.255 e. The lowest BCUT2D eigenvalue weighted by molar-refractivity contribution is 0.0956. The van der Waals surface area contributed by atoms with Gasteiger partial charge in [0.05, 0.1) is 18.7 Å². The Kier molecular flexibility index (Phi) is 3.52.